The Labute approximate surface area is 90.3 Å². The average Bonchev–Trinajstić information content (AvgIpc) is 2.12. The van der Waals surface area contributed by atoms with Crippen LogP contribution >= 0.6 is 15.9 Å². The van der Waals surface area contributed by atoms with Crippen molar-refractivity contribution >= 4 is 21.7 Å². The van der Waals surface area contributed by atoms with Crippen molar-refractivity contribution in [2.75, 3.05) is 18.5 Å². The number of aliphatic hydroxyl groups is 2. The molecule has 1 unspecified atom stereocenters. The lowest BCUT2D eigenvalue weighted by Crippen LogP contribution is -2.23. The van der Waals surface area contributed by atoms with Gasteiger partial charge in [0.05, 0.1) is 12.7 Å². The lowest BCUT2D eigenvalue weighted by molar-refractivity contribution is 0.105. The number of aliphatic hydroxyl groups excluding tert-OH is 2. The van der Waals surface area contributed by atoms with Gasteiger partial charge in [0.15, 0.2) is 0 Å². The second-order valence-electron chi connectivity index (χ2n) is 2.84. The van der Waals surface area contributed by atoms with Gasteiger partial charge in [-0.15, -0.1) is 0 Å². The van der Waals surface area contributed by atoms with E-state index < -0.39 is 6.10 Å². The first-order valence-electron chi connectivity index (χ1n) is 4.16. The smallest absolute Gasteiger partial charge is 0.130 e. The van der Waals surface area contributed by atoms with Crippen LogP contribution in [0.5, 0.6) is 0 Å². The summed E-state index contributed by atoms with van der Waals surface area (Å²) in [5.74, 6) is 1.26. The molecule has 1 rings (SSSR count). The predicted octanol–water partition coefficient (Wildman–Crippen LogP) is 0.313. The zero-order valence-corrected chi connectivity index (χ0v) is 9.32. The van der Waals surface area contributed by atoms with Gasteiger partial charge in [-0.25, -0.2) is 9.97 Å². The Morgan fingerprint density at radius 1 is 1.57 bits per heavy atom. The zero-order valence-electron chi connectivity index (χ0n) is 7.74. The molecule has 0 aliphatic rings. The fraction of sp³-hybridized carbons (Fsp3) is 0.500. The summed E-state index contributed by atoms with van der Waals surface area (Å²) in [6.07, 6.45) is -0.774. The van der Waals surface area contributed by atoms with E-state index in [9.17, 15) is 0 Å². The van der Waals surface area contributed by atoms with Gasteiger partial charge in [-0.1, -0.05) is 0 Å². The summed E-state index contributed by atoms with van der Waals surface area (Å²) in [7, 11) is 0. The van der Waals surface area contributed by atoms with Crippen molar-refractivity contribution in [2.24, 2.45) is 0 Å². The molecule has 0 saturated carbocycles. The van der Waals surface area contributed by atoms with Crippen LogP contribution in [-0.2, 0) is 0 Å². The van der Waals surface area contributed by atoms with Crippen LogP contribution in [-0.4, -0.2) is 39.4 Å². The molecule has 0 bridgehead atoms. The molecule has 14 heavy (non-hydrogen) atoms. The second-order valence-corrected chi connectivity index (χ2v) is 3.65. The highest BCUT2D eigenvalue weighted by molar-refractivity contribution is 9.10. The van der Waals surface area contributed by atoms with E-state index in [0.29, 0.717) is 16.2 Å². The molecular weight excluding hydrogens is 250 g/mol. The lowest BCUT2D eigenvalue weighted by atomic mass is 10.4. The Morgan fingerprint density at radius 2 is 2.29 bits per heavy atom. The fourth-order valence-corrected chi connectivity index (χ4v) is 1.38. The molecular formula is C8H12BrN3O2. The van der Waals surface area contributed by atoms with Crippen LogP contribution in [0.3, 0.4) is 0 Å². The first-order valence-corrected chi connectivity index (χ1v) is 4.95. The highest BCUT2D eigenvalue weighted by Crippen LogP contribution is 2.11. The quantitative estimate of drug-likeness (QED) is 0.681. The lowest BCUT2D eigenvalue weighted by Gasteiger charge is -2.09. The van der Waals surface area contributed by atoms with E-state index in [-0.39, 0.29) is 13.2 Å². The third-order valence-electron chi connectivity index (χ3n) is 1.54. The first-order chi connectivity index (χ1) is 6.61. The van der Waals surface area contributed by atoms with Gasteiger partial charge in [0, 0.05) is 12.6 Å². The minimum Gasteiger partial charge on any atom is -0.394 e. The minimum absolute atomic E-state index is 0.263. The largest absolute Gasteiger partial charge is 0.394 e. The van der Waals surface area contributed by atoms with Crippen molar-refractivity contribution in [1.29, 1.82) is 0 Å². The topological polar surface area (TPSA) is 78.3 Å². The fourth-order valence-electron chi connectivity index (χ4n) is 0.909. The second kappa shape index (κ2) is 5.23. The van der Waals surface area contributed by atoms with Crippen molar-refractivity contribution in [3.8, 4) is 0 Å². The third-order valence-corrected chi connectivity index (χ3v) is 1.94. The molecule has 0 radical (unpaired) electrons. The van der Waals surface area contributed by atoms with E-state index in [2.05, 4.69) is 31.2 Å². The van der Waals surface area contributed by atoms with E-state index in [1.807, 2.05) is 0 Å². The van der Waals surface area contributed by atoms with Gasteiger partial charge in [-0.3, -0.25) is 0 Å². The van der Waals surface area contributed by atoms with Gasteiger partial charge in [0.2, 0.25) is 0 Å². The molecule has 0 aliphatic carbocycles. The van der Waals surface area contributed by atoms with Crippen molar-refractivity contribution in [3.05, 3.63) is 16.5 Å². The molecule has 0 spiro atoms. The van der Waals surface area contributed by atoms with Gasteiger partial charge < -0.3 is 15.5 Å². The van der Waals surface area contributed by atoms with Gasteiger partial charge in [-0.2, -0.15) is 0 Å². The summed E-state index contributed by atoms with van der Waals surface area (Å²) in [4.78, 5) is 8.13. The van der Waals surface area contributed by atoms with Crippen LogP contribution in [0.15, 0.2) is 10.7 Å². The van der Waals surface area contributed by atoms with E-state index >= 15 is 0 Å². The Morgan fingerprint density at radius 3 is 2.86 bits per heavy atom. The molecule has 1 atom stereocenters. The maximum Gasteiger partial charge on any atom is 0.130 e. The molecule has 0 aliphatic heterocycles. The molecule has 1 aromatic rings. The molecule has 5 nitrogen and oxygen atoms in total. The van der Waals surface area contributed by atoms with Crippen molar-refractivity contribution in [3.63, 3.8) is 0 Å². The average molecular weight is 262 g/mol. The van der Waals surface area contributed by atoms with E-state index in [0.717, 1.165) is 0 Å². The maximum atomic E-state index is 9.09. The SMILES string of the molecule is Cc1nc(Br)cc(NCC(O)CO)n1. The van der Waals surface area contributed by atoms with E-state index in [4.69, 9.17) is 10.2 Å². The van der Waals surface area contributed by atoms with Crippen molar-refractivity contribution in [2.45, 2.75) is 13.0 Å². The summed E-state index contributed by atoms with van der Waals surface area (Å²) in [5.41, 5.74) is 0. The number of hydrogen-bond acceptors (Lipinski definition) is 5. The predicted molar refractivity (Wildman–Crippen MR) is 56.1 cm³/mol. The Kier molecular flexibility index (Phi) is 4.24. The van der Waals surface area contributed by atoms with Gasteiger partial charge >= 0.3 is 0 Å². The summed E-state index contributed by atoms with van der Waals surface area (Å²) in [6, 6.07) is 1.71. The monoisotopic (exact) mass is 261 g/mol. The summed E-state index contributed by atoms with van der Waals surface area (Å²) < 4.78 is 0.686. The van der Waals surface area contributed by atoms with Crippen LogP contribution in [0, 0.1) is 6.92 Å². The number of aryl methyl sites for hydroxylation is 1. The Bertz CT molecular complexity index is 288. The highest BCUT2D eigenvalue weighted by Gasteiger charge is 2.03. The number of hydrogen-bond donors (Lipinski definition) is 3. The number of nitrogens with one attached hydrogen (secondary N) is 1. The van der Waals surface area contributed by atoms with Gasteiger partial charge in [-0.05, 0) is 22.9 Å². The molecule has 6 heteroatoms. The number of aromatic nitrogens is 2. The Balaban J connectivity index is 2.58. The normalized spacial score (nSPS) is 12.6. The molecule has 0 amide bonds. The molecule has 1 heterocycles. The van der Waals surface area contributed by atoms with Crippen LogP contribution in [0.4, 0.5) is 5.82 Å². The summed E-state index contributed by atoms with van der Waals surface area (Å²) in [6.45, 7) is 1.77. The number of nitrogens with zero attached hydrogens (tertiary/aromatic N) is 2. The molecule has 3 N–H and O–H groups in total. The number of anilines is 1. The summed E-state index contributed by atoms with van der Waals surface area (Å²) in [5, 5.41) is 20.6. The zero-order chi connectivity index (χ0) is 10.6. The van der Waals surface area contributed by atoms with Crippen LogP contribution in [0.1, 0.15) is 5.82 Å². The maximum absolute atomic E-state index is 9.09. The van der Waals surface area contributed by atoms with Gasteiger partial charge in [0.1, 0.15) is 16.2 Å². The van der Waals surface area contributed by atoms with E-state index in [1.54, 1.807) is 13.0 Å². The Hall–Kier alpha value is -0.720. The summed E-state index contributed by atoms with van der Waals surface area (Å²) >= 11 is 3.23. The molecule has 78 valence electrons. The number of halogens is 1. The van der Waals surface area contributed by atoms with Crippen LogP contribution in [0.25, 0.3) is 0 Å². The first kappa shape index (κ1) is 11.4. The third kappa shape index (κ3) is 3.57. The number of rotatable bonds is 4. The van der Waals surface area contributed by atoms with E-state index in [1.165, 1.54) is 0 Å². The van der Waals surface area contributed by atoms with Gasteiger partial charge in [0.25, 0.3) is 0 Å². The highest BCUT2D eigenvalue weighted by atomic mass is 79.9. The standard InChI is InChI=1S/C8H12BrN3O2/c1-5-11-7(9)2-8(12-5)10-3-6(14)4-13/h2,6,13-14H,3-4H2,1H3,(H,10,11,12). The van der Waals surface area contributed by atoms with Crippen molar-refractivity contribution < 1.29 is 10.2 Å². The minimum atomic E-state index is -0.774. The van der Waals surface area contributed by atoms with Crippen LogP contribution in [0.2, 0.25) is 0 Å². The molecule has 1 aromatic heterocycles. The molecule has 0 aromatic carbocycles. The molecule has 0 saturated heterocycles. The molecule has 0 fully saturated rings. The van der Waals surface area contributed by atoms with Crippen molar-refractivity contribution in [1.82, 2.24) is 9.97 Å². The van der Waals surface area contributed by atoms with Crippen LogP contribution < -0.4 is 5.32 Å².